The number of amides is 2. The van der Waals surface area contributed by atoms with Crippen LogP contribution < -0.4 is 5.32 Å². The fourth-order valence-electron chi connectivity index (χ4n) is 2.69. The first-order chi connectivity index (χ1) is 11.3. The summed E-state index contributed by atoms with van der Waals surface area (Å²) in [5.74, 6) is -1.54. The van der Waals surface area contributed by atoms with Gasteiger partial charge in [0.2, 0.25) is 5.91 Å². The molecule has 8 heteroatoms. The fraction of sp³-hybridized carbons (Fsp3) is 0.824. The number of hydrogen-bond donors (Lipinski definition) is 2. The van der Waals surface area contributed by atoms with E-state index >= 15 is 0 Å². The highest BCUT2D eigenvalue weighted by Gasteiger charge is 2.45. The molecule has 0 aromatic rings. The second kappa shape index (κ2) is 7.59. The highest BCUT2D eigenvalue weighted by Crippen LogP contribution is 2.27. The van der Waals surface area contributed by atoms with Crippen LogP contribution >= 0.6 is 0 Å². The standard InChI is InChI=1S/C17H30N2O6/c1-16(2,3)12(18-15(23)25-17(4,5)6)13(20)19-9-10(24-7)8-11(19)14(21)22/h10-12H,8-9H2,1-7H3,(H,18,23)(H,21,22)/t10-,11+,12+/m0/s1. The molecular weight excluding hydrogens is 328 g/mol. The van der Waals surface area contributed by atoms with E-state index in [4.69, 9.17) is 9.47 Å². The number of nitrogens with zero attached hydrogens (tertiary/aromatic N) is 1. The number of carboxylic acid groups (broad SMARTS) is 1. The number of rotatable bonds is 4. The topological polar surface area (TPSA) is 105 Å². The number of carbonyl (C=O) groups is 3. The van der Waals surface area contributed by atoms with E-state index in [1.165, 1.54) is 12.0 Å². The van der Waals surface area contributed by atoms with Gasteiger partial charge in [-0.15, -0.1) is 0 Å². The second-order valence-electron chi connectivity index (χ2n) is 8.38. The van der Waals surface area contributed by atoms with Gasteiger partial charge < -0.3 is 24.8 Å². The third-order valence-corrected chi connectivity index (χ3v) is 3.94. The lowest BCUT2D eigenvalue weighted by Gasteiger charge is -2.35. The number of carboxylic acids is 1. The highest BCUT2D eigenvalue weighted by molar-refractivity contribution is 5.90. The molecular formula is C17H30N2O6. The van der Waals surface area contributed by atoms with E-state index in [0.29, 0.717) is 0 Å². The Morgan fingerprint density at radius 1 is 1.16 bits per heavy atom. The van der Waals surface area contributed by atoms with Crippen molar-refractivity contribution in [3.05, 3.63) is 0 Å². The minimum Gasteiger partial charge on any atom is -0.480 e. The third-order valence-electron chi connectivity index (χ3n) is 3.94. The number of methoxy groups -OCH3 is 1. The van der Waals surface area contributed by atoms with Crippen molar-refractivity contribution in [3.8, 4) is 0 Å². The van der Waals surface area contributed by atoms with E-state index in [1.807, 2.05) is 0 Å². The number of aliphatic carboxylic acids is 1. The molecule has 0 aromatic heterocycles. The van der Waals surface area contributed by atoms with Gasteiger partial charge in [0.25, 0.3) is 0 Å². The SMILES string of the molecule is CO[C@H]1C[C@H](C(=O)O)N(C(=O)[C@@H](NC(=O)OC(C)(C)C)C(C)(C)C)C1. The summed E-state index contributed by atoms with van der Waals surface area (Å²) >= 11 is 0. The van der Waals surface area contributed by atoms with Gasteiger partial charge in [-0.25, -0.2) is 9.59 Å². The quantitative estimate of drug-likeness (QED) is 0.791. The molecule has 0 spiro atoms. The minimum absolute atomic E-state index is 0.175. The summed E-state index contributed by atoms with van der Waals surface area (Å²) in [4.78, 5) is 37.9. The second-order valence-corrected chi connectivity index (χ2v) is 8.38. The van der Waals surface area contributed by atoms with Crippen LogP contribution in [-0.2, 0) is 19.1 Å². The highest BCUT2D eigenvalue weighted by atomic mass is 16.6. The molecule has 3 atom stereocenters. The Morgan fingerprint density at radius 2 is 1.72 bits per heavy atom. The van der Waals surface area contributed by atoms with Gasteiger partial charge in [-0.2, -0.15) is 0 Å². The summed E-state index contributed by atoms with van der Waals surface area (Å²) in [5, 5.41) is 12.0. The molecule has 2 amide bonds. The van der Waals surface area contributed by atoms with Crippen molar-refractivity contribution in [2.24, 2.45) is 5.41 Å². The van der Waals surface area contributed by atoms with Crippen molar-refractivity contribution in [2.45, 2.75) is 71.8 Å². The molecule has 1 fully saturated rings. The molecule has 1 rings (SSSR count). The zero-order valence-corrected chi connectivity index (χ0v) is 16.1. The van der Waals surface area contributed by atoms with Gasteiger partial charge in [-0.3, -0.25) is 4.79 Å². The summed E-state index contributed by atoms with van der Waals surface area (Å²) in [6, 6.07) is -1.89. The van der Waals surface area contributed by atoms with E-state index in [0.717, 1.165) is 0 Å². The molecule has 1 saturated heterocycles. The Morgan fingerprint density at radius 3 is 2.12 bits per heavy atom. The third kappa shape index (κ3) is 5.88. The number of ether oxygens (including phenoxy) is 2. The summed E-state index contributed by atoms with van der Waals surface area (Å²) in [5.41, 5.74) is -1.32. The maximum absolute atomic E-state index is 13.0. The molecule has 2 N–H and O–H groups in total. The fourth-order valence-corrected chi connectivity index (χ4v) is 2.69. The van der Waals surface area contributed by atoms with Crippen molar-refractivity contribution in [1.29, 1.82) is 0 Å². The molecule has 25 heavy (non-hydrogen) atoms. The Hall–Kier alpha value is -1.83. The van der Waals surface area contributed by atoms with E-state index in [2.05, 4.69) is 5.32 Å². The van der Waals surface area contributed by atoms with Crippen LogP contribution in [0.2, 0.25) is 0 Å². The van der Waals surface area contributed by atoms with Crippen LogP contribution in [0.25, 0.3) is 0 Å². The van der Waals surface area contributed by atoms with Gasteiger partial charge in [0.1, 0.15) is 17.7 Å². The van der Waals surface area contributed by atoms with Crippen molar-refractivity contribution in [1.82, 2.24) is 10.2 Å². The Balaban J connectivity index is 3.00. The lowest BCUT2D eigenvalue weighted by Crippen LogP contribution is -2.57. The van der Waals surface area contributed by atoms with Gasteiger partial charge in [0, 0.05) is 20.1 Å². The molecule has 0 aromatic carbocycles. The monoisotopic (exact) mass is 358 g/mol. The predicted octanol–water partition coefficient (Wildman–Crippen LogP) is 1.63. The summed E-state index contributed by atoms with van der Waals surface area (Å²) in [6.45, 7) is 10.8. The smallest absolute Gasteiger partial charge is 0.408 e. The number of hydrogen-bond acceptors (Lipinski definition) is 5. The van der Waals surface area contributed by atoms with Crippen LogP contribution in [-0.4, -0.2) is 65.4 Å². The van der Waals surface area contributed by atoms with Crippen LogP contribution in [0.1, 0.15) is 48.0 Å². The van der Waals surface area contributed by atoms with E-state index in [-0.39, 0.29) is 19.1 Å². The van der Waals surface area contributed by atoms with Crippen molar-refractivity contribution < 1.29 is 29.0 Å². The Kier molecular flexibility index (Phi) is 6.44. The largest absolute Gasteiger partial charge is 0.480 e. The number of nitrogens with one attached hydrogen (secondary N) is 1. The first kappa shape index (κ1) is 21.2. The lowest BCUT2D eigenvalue weighted by molar-refractivity contribution is -0.150. The number of alkyl carbamates (subject to hydrolysis) is 1. The molecule has 0 unspecified atom stereocenters. The zero-order chi connectivity index (χ0) is 19.6. The summed E-state index contributed by atoms with van der Waals surface area (Å²) in [7, 11) is 1.48. The maximum Gasteiger partial charge on any atom is 0.408 e. The maximum atomic E-state index is 13.0. The van der Waals surface area contributed by atoms with Crippen LogP contribution in [0.5, 0.6) is 0 Å². The zero-order valence-electron chi connectivity index (χ0n) is 16.1. The molecule has 1 heterocycles. The summed E-state index contributed by atoms with van der Waals surface area (Å²) in [6.07, 6.45) is -0.830. The van der Waals surface area contributed by atoms with Gasteiger partial charge in [0.15, 0.2) is 0 Å². The van der Waals surface area contributed by atoms with Crippen molar-refractivity contribution in [2.75, 3.05) is 13.7 Å². The molecule has 8 nitrogen and oxygen atoms in total. The van der Waals surface area contributed by atoms with Crippen molar-refractivity contribution in [3.63, 3.8) is 0 Å². The minimum atomic E-state index is -1.09. The first-order valence-corrected chi connectivity index (χ1v) is 8.32. The number of likely N-dealkylation sites (tertiary alicyclic amines) is 1. The lowest BCUT2D eigenvalue weighted by atomic mass is 9.85. The van der Waals surface area contributed by atoms with E-state index in [9.17, 15) is 19.5 Å². The average molecular weight is 358 g/mol. The van der Waals surface area contributed by atoms with Gasteiger partial charge in [-0.1, -0.05) is 20.8 Å². The molecule has 1 aliphatic heterocycles. The van der Waals surface area contributed by atoms with Gasteiger partial charge >= 0.3 is 12.1 Å². The summed E-state index contributed by atoms with van der Waals surface area (Å²) < 4.78 is 10.4. The molecule has 144 valence electrons. The molecule has 0 radical (unpaired) electrons. The average Bonchev–Trinajstić information content (AvgIpc) is 2.85. The molecule has 1 aliphatic rings. The van der Waals surface area contributed by atoms with Crippen LogP contribution in [0.4, 0.5) is 4.79 Å². The Bertz CT molecular complexity index is 520. The van der Waals surface area contributed by atoms with Crippen LogP contribution in [0, 0.1) is 5.41 Å². The van der Waals surface area contributed by atoms with Gasteiger partial charge in [0.05, 0.1) is 6.10 Å². The molecule has 0 bridgehead atoms. The van der Waals surface area contributed by atoms with Crippen molar-refractivity contribution >= 4 is 18.0 Å². The predicted molar refractivity (Wildman–Crippen MR) is 91.2 cm³/mol. The number of carbonyl (C=O) groups excluding carboxylic acids is 2. The normalized spacial score (nSPS) is 22.4. The van der Waals surface area contributed by atoms with E-state index in [1.54, 1.807) is 41.5 Å². The molecule has 0 saturated carbocycles. The first-order valence-electron chi connectivity index (χ1n) is 8.32. The molecule has 0 aliphatic carbocycles. The Labute approximate surface area is 148 Å². The van der Waals surface area contributed by atoms with Gasteiger partial charge in [-0.05, 0) is 26.2 Å². The van der Waals surface area contributed by atoms with Crippen LogP contribution in [0.15, 0.2) is 0 Å². The van der Waals surface area contributed by atoms with E-state index < -0.39 is 41.1 Å². The van der Waals surface area contributed by atoms with Crippen LogP contribution in [0.3, 0.4) is 0 Å².